The van der Waals surface area contributed by atoms with Gasteiger partial charge in [-0.3, -0.25) is 4.79 Å². The lowest BCUT2D eigenvalue weighted by molar-refractivity contribution is -0.127. The Hall–Kier alpha value is -1.77. The van der Waals surface area contributed by atoms with E-state index in [9.17, 15) is 4.79 Å². The van der Waals surface area contributed by atoms with Crippen molar-refractivity contribution < 1.29 is 4.79 Å². The van der Waals surface area contributed by atoms with Crippen LogP contribution < -0.4 is 5.73 Å². The minimum atomic E-state index is 0.120. The highest BCUT2D eigenvalue weighted by Crippen LogP contribution is 2.19. The van der Waals surface area contributed by atoms with Gasteiger partial charge in [-0.05, 0) is 42.5 Å². The lowest BCUT2D eigenvalue weighted by Gasteiger charge is -2.31. The first kappa shape index (κ1) is 13.7. The molecule has 3 nitrogen and oxygen atoms in total. The standard InChI is InChI=1S/C16H22N2O/c1-2-13-4-3-11-18(12-13)16(19)10-7-14-5-8-15(17)9-6-14/h5-10,13H,2-4,11-12,17H2,1H3/b10-7+. The molecule has 1 saturated heterocycles. The number of amides is 1. The van der Waals surface area contributed by atoms with Gasteiger partial charge in [-0.15, -0.1) is 0 Å². The van der Waals surface area contributed by atoms with Gasteiger partial charge in [0.05, 0.1) is 0 Å². The first-order chi connectivity index (χ1) is 9.19. The van der Waals surface area contributed by atoms with Gasteiger partial charge in [-0.2, -0.15) is 0 Å². The number of nitrogens with zero attached hydrogens (tertiary/aromatic N) is 1. The summed E-state index contributed by atoms with van der Waals surface area (Å²) in [6, 6.07) is 7.53. The van der Waals surface area contributed by atoms with Crippen molar-refractivity contribution in [2.75, 3.05) is 18.8 Å². The van der Waals surface area contributed by atoms with E-state index in [1.54, 1.807) is 6.08 Å². The third-order valence-corrected chi connectivity index (χ3v) is 3.76. The van der Waals surface area contributed by atoms with Gasteiger partial charge in [0.25, 0.3) is 0 Å². The normalized spacial score (nSPS) is 19.8. The summed E-state index contributed by atoms with van der Waals surface area (Å²) in [5.74, 6) is 0.789. The molecule has 1 aromatic carbocycles. The number of likely N-dealkylation sites (tertiary alicyclic amines) is 1. The molecular weight excluding hydrogens is 236 g/mol. The average molecular weight is 258 g/mol. The van der Waals surface area contributed by atoms with E-state index >= 15 is 0 Å². The summed E-state index contributed by atoms with van der Waals surface area (Å²) in [5.41, 5.74) is 7.38. The maximum atomic E-state index is 12.1. The number of carbonyl (C=O) groups excluding carboxylic acids is 1. The number of piperidine rings is 1. The molecule has 19 heavy (non-hydrogen) atoms. The Balaban J connectivity index is 1.94. The number of hydrogen-bond acceptors (Lipinski definition) is 2. The molecule has 1 aliphatic heterocycles. The smallest absolute Gasteiger partial charge is 0.246 e. The molecule has 0 saturated carbocycles. The lowest BCUT2D eigenvalue weighted by atomic mass is 9.95. The van der Waals surface area contributed by atoms with Crippen molar-refractivity contribution in [1.29, 1.82) is 0 Å². The number of carbonyl (C=O) groups is 1. The van der Waals surface area contributed by atoms with Gasteiger partial charge in [-0.25, -0.2) is 0 Å². The van der Waals surface area contributed by atoms with E-state index in [1.807, 2.05) is 35.2 Å². The Labute approximate surface area is 115 Å². The largest absolute Gasteiger partial charge is 0.399 e. The second-order valence-corrected chi connectivity index (χ2v) is 5.20. The molecule has 1 aliphatic rings. The molecule has 0 aromatic heterocycles. The topological polar surface area (TPSA) is 46.3 Å². The molecule has 102 valence electrons. The van der Waals surface area contributed by atoms with E-state index in [-0.39, 0.29) is 5.91 Å². The zero-order chi connectivity index (χ0) is 13.7. The SMILES string of the molecule is CCC1CCCN(C(=O)/C=C/c2ccc(N)cc2)C1. The number of nitrogen functional groups attached to an aromatic ring is 1. The molecule has 2 N–H and O–H groups in total. The molecule has 2 rings (SSSR count). The highest BCUT2D eigenvalue weighted by Gasteiger charge is 2.20. The van der Waals surface area contributed by atoms with E-state index in [1.165, 1.54) is 6.42 Å². The van der Waals surface area contributed by atoms with Crippen LogP contribution in [0.2, 0.25) is 0 Å². The van der Waals surface area contributed by atoms with E-state index in [0.29, 0.717) is 5.92 Å². The zero-order valence-electron chi connectivity index (χ0n) is 11.5. The van der Waals surface area contributed by atoms with Crippen LogP contribution in [-0.4, -0.2) is 23.9 Å². The fourth-order valence-electron chi connectivity index (χ4n) is 2.48. The minimum absolute atomic E-state index is 0.120. The first-order valence-corrected chi connectivity index (χ1v) is 7.01. The number of benzene rings is 1. The van der Waals surface area contributed by atoms with Gasteiger partial charge < -0.3 is 10.6 Å². The van der Waals surface area contributed by atoms with Crippen LogP contribution in [0.4, 0.5) is 5.69 Å². The van der Waals surface area contributed by atoms with Crippen LogP contribution >= 0.6 is 0 Å². The van der Waals surface area contributed by atoms with Gasteiger partial charge in [0.1, 0.15) is 0 Å². The molecule has 1 fully saturated rings. The number of anilines is 1. The molecule has 0 spiro atoms. The van der Waals surface area contributed by atoms with Crippen LogP contribution in [0, 0.1) is 5.92 Å². The number of nitrogens with two attached hydrogens (primary N) is 1. The van der Waals surface area contributed by atoms with E-state index < -0.39 is 0 Å². The Bertz CT molecular complexity index is 450. The van der Waals surface area contributed by atoms with Crippen LogP contribution in [0.15, 0.2) is 30.3 Å². The van der Waals surface area contributed by atoms with Crippen molar-refractivity contribution >= 4 is 17.7 Å². The second kappa shape index (κ2) is 6.41. The molecular formula is C16H22N2O. The maximum Gasteiger partial charge on any atom is 0.246 e. The van der Waals surface area contributed by atoms with Crippen molar-refractivity contribution in [2.24, 2.45) is 5.92 Å². The van der Waals surface area contributed by atoms with Gasteiger partial charge in [0, 0.05) is 24.9 Å². The Morgan fingerprint density at radius 3 is 2.84 bits per heavy atom. The van der Waals surface area contributed by atoms with E-state index in [4.69, 9.17) is 5.73 Å². The molecule has 0 radical (unpaired) electrons. The first-order valence-electron chi connectivity index (χ1n) is 7.01. The van der Waals surface area contributed by atoms with Gasteiger partial charge >= 0.3 is 0 Å². The minimum Gasteiger partial charge on any atom is -0.399 e. The Kier molecular flexibility index (Phi) is 4.61. The molecule has 1 atom stereocenters. The highest BCUT2D eigenvalue weighted by molar-refractivity contribution is 5.91. The molecule has 1 amide bonds. The zero-order valence-corrected chi connectivity index (χ0v) is 11.5. The lowest BCUT2D eigenvalue weighted by Crippen LogP contribution is -2.38. The predicted molar refractivity (Wildman–Crippen MR) is 79.5 cm³/mol. The average Bonchev–Trinajstić information content (AvgIpc) is 2.46. The third-order valence-electron chi connectivity index (χ3n) is 3.76. The molecule has 0 bridgehead atoms. The van der Waals surface area contributed by atoms with Crippen LogP contribution in [-0.2, 0) is 4.79 Å². The molecule has 1 heterocycles. The van der Waals surface area contributed by atoms with Crippen molar-refractivity contribution in [3.63, 3.8) is 0 Å². The summed E-state index contributed by atoms with van der Waals surface area (Å²) in [4.78, 5) is 14.1. The van der Waals surface area contributed by atoms with Crippen molar-refractivity contribution in [1.82, 2.24) is 4.90 Å². The molecule has 0 aliphatic carbocycles. The van der Waals surface area contributed by atoms with E-state index in [2.05, 4.69) is 6.92 Å². The molecule has 1 unspecified atom stereocenters. The Morgan fingerprint density at radius 1 is 1.42 bits per heavy atom. The van der Waals surface area contributed by atoms with Gasteiger partial charge in [0.2, 0.25) is 5.91 Å². The molecule has 1 aromatic rings. The van der Waals surface area contributed by atoms with Crippen molar-refractivity contribution in [3.05, 3.63) is 35.9 Å². The van der Waals surface area contributed by atoms with Gasteiger partial charge in [-0.1, -0.05) is 25.5 Å². The third kappa shape index (κ3) is 3.85. The van der Waals surface area contributed by atoms with Crippen LogP contribution in [0.3, 0.4) is 0 Å². The fraction of sp³-hybridized carbons (Fsp3) is 0.438. The van der Waals surface area contributed by atoms with Crippen LogP contribution in [0.5, 0.6) is 0 Å². The predicted octanol–water partition coefficient (Wildman–Crippen LogP) is 2.93. The quantitative estimate of drug-likeness (QED) is 0.669. The summed E-state index contributed by atoms with van der Waals surface area (Å²) in [6.07, 6.45) is 7.06. The van der Waals surface area contributed by atoms with Crippen LogP contribution in [0.1, 0.15) is 31.7 Å². The monoisotopic (exact) mass is 258 g/mol. The second-order valence-electron chi connectivity index (χ2n) is 5.20. The summed E-state index contributed by atoms with van der Waals surface area (Å²) >= 11 is 0. The number of hydrogen-bond donors (Lipinski definition) is 1. The van der Waals surface area contributed by atoms with E-state index in [0.717, 1.165) is 37.2 Å². The Morgan fingerprint density at radius 2 is 2.16 bits per heavy atom. The highest BCUT2D eigenvalue weighted by atomic mass is 16.2. The molecule has 3 heteroatoms. The summed E-state index contributed by atoms with van der Waals surface area (Å²) < 4.78 is 0. The summed E-state index contributed by atoms with van der Waals surface area (Å²) in [6.45, 7) is 3.99. The maximum absolute atomic E-state index is 12.1. The van der Waals surface area contributed by atoms with Crippen molar-refractivity contribution in [3.8, 4) is 0 Å². The van der Waals surface area contributed by atoms with Crippen molar-refractivity contribution in [2.45, 2.75) is 26.2 Å². The fourth-order valence-corrected chi connectivity index (χ4v) is 2.48. The van der Waals surface area contributed by atoms with Gasteiger partial charge in [0.15, 0.2) is 0 Å². The summed E-state index contributed by atoms with van der Waals surface area (Å²) in [5, 5.41) is 0. The number of rotatable bonds is 3. The summed E-state index contributed by atoms with van der Waals surface area (Å²) in [7, 11) is 0. The van der Waals surface area contributed by atoms with Crippen LogP contribution in [0.25, 0.3) is 6.08 Å².